The van der Waals surface area contributed by atoms with E-state index in [1.54, 1.807) is 12.3 Å². The third-order valence-corrected chi connectivity index (χ3v) is 4.51. The van der Waals surface area contributed by atoms with Gasteiger partial charge in [0.1, 0.15) is 0 Å². The lowest BCUT2D eigenvalue weighted by atomic mass is 9.84. The zero-order valence-corrected chi connectivity index (χ0v) is 12.7. The number of hydrogen-bond donors (Lipinski definition) is 0. The van der Waals surface area contributed by atoms with E-state index >= 15 is 0 Å². The molecule has 1 saturated carbocycles. The minimum atomic E-state index is -0.382. The van der Waals surface area contributed by atoms with Crippen LogP contribution in [0.15, 0.2) is 24.5 Å². The number of carbonyl (C=O) groups excluding carboxylic acids is 2. The van der Waals surface area contributed by atoms with Gasteiger partial charge in [0.25, 0.3) is 0 Å². The molecule has 5 nitrogen and oxygen atoms in total. The highest BCUT2D eigenvalue weighted by atomic mass is 16.5. The summed E-state index contributed by atoms with van der Waals surface area (Å²) in [5.74, 6) is 0.162. The molecule has 0 radical (unpaired) electrons. The predicted octanol–water partition coefficient (Wildman–Crippen LogP) is 2.28. The molecule has 2 heterocycles. The lowest BCUT2D eigenvalue weighted by Crippen LogP contribution is -2.41. The molecule has 1 aromatic rings. The number of amides is 1. The van der Waals surface area contributed by atoms with E-state index in [9.17, 15) is 9.59 Å². The van der Waals surface area contributed by atoms with Gasteiger partial charge in [-0.05, 0) is 36.5 Å². The van der Waals surface area contributed by atoms with Crippen LogP contribution < -0.4 is 0 Å². The Morgan fingerprint density at radius 1 is 1.32 bits per heavy atom. The molecule has 0 N–H and O–H groups in total. The maximum Gasteiger partial charge on any atom is 0.339 e. The number of carbonyl (C=O) groups is 2. The zero-order chi connectivity index (χ0) is 15.5. The van der Waals surface area contributed by atoms with Crippen molar-refractivity contribution in [2.24, 2.45) is 5.92 Å². The van der Waals surface area contributed by atoms with Crippen molar-refractivity contribution in [1.82, 2.24) is 9.88 Å². The molecule has 116 valence electrons. The molecule has 0 unspecified atom stereocenters. The second-order valence-corrected chi connectivity index (χ2v) is 5.85. The molecule has 1 amide bonds. The van der Waals surface area contributed by atoms with Gasteiger partial charge < -0.3 is 9.64 Å². The van der Waals surface area contributed by atoms with Gasteiger partial charge in [0.2, 0.25) is 5.91 Å². The molecular formula is C17H20N2O3. The van der Waals surface area contributed by atoms with Gasteiger partial charge in [0.05, 0.1) is 12.7 Å². The van der Waals surface area contributed by atoms with Crippen LogP contribution in [0.25, 0.3) is 5.57 Å². The molecule has 2 aliphatic rings. The van der Waals surface area contributed by atoms with Crippen LogP contribution in [0.3, 0.4) is 0 Å². The maximum absolute atomic E-state index is 12.2. The number of nitrogens with zero attached hydrogens (tertiary/aromatic N) is 2. The molecular weight excluding hydrogens is 280 g/mol. The Balaban J connectivity index is 1.70. The number of rotatable bonds is 3. The highest BCUT2D eigenvalue weighted by Gasteiger charge is 2.30. The summed E-state index contributed by atoms with van der Waals surface area (Å²) in [6.07, 6.45) is 9.38. The fourth-order valence-corrected chi connectivity index (χ4v) is 2.89. The maximum atomic E-state index is 12.2. The summed E-state index contributed by atoms with van der Waals surface area (Å²) in [7, 11) is 1.36. The van der Waals surface area contributed by atoms with Crippen molar-refractivity contribution in [1.29, 1.82) is 0 Å². The Morgan fingerprint density at radius 2 is 2.14 bits per heavy atom. The summed E-state index contributed by atoms with van der Waals surface area (Å²) in [6, 6.07) is 1.80. The molecule has 0 atom stereocenters. The molecule has 0 saturated heterocycles. The monoisotopic (exact) mass is 300 g/mol. The normalized spacial score (nSPS) is 18.4. The van der Waals surface area contributed by atoms with E-state index < -0.39 is 0 Å². The second kappa shape index (κ2) is 6.30. The van der Waals surface area contributed by atoms with Crippen LogP contribution in [0.2, 0.25) is 0 Å². The number of aromatic nitrogens is 1. The van der Waals surface area contributed by atoms with Crippen molar-refractivity contribution < 1.29 is 14.3 Å². The van der Waals surface area contributed by atoms with Gasteiger partial charge in [-0.1, -0.05) is 12.5 Å². The lowest BCUT2D eigenvalue weighted by molar-refractivity contribution is -0.137. The smallest absolute Gasteiger partial charge is 0.339 e. The number of methoxy groups -OCH3 is 1. The third kappa shape index (κ3) is 2.89. The van der Waals surface area contributed by atoms with Gasteiger partial charge in [0.15, 0.2) is 0 Å². The van der Waals surface area contributed by atoms with Gasteiger partial charge in [-0.2, -0.15) is 0 Å². The molecule has 1 aliphatic carbocycles. The first kappa shape index (κ1) is 14.8. The summed E-state index contributed by atoms with van der Waals surface area (Å²) < 4.78 is 4.72. The number of hydrogen-bond acceptors (Lipinski definition) is 4. The van der Waals surface area contributed by atoms with E-state index in [0.717, 1.165) is 36.9 Å². The Hall–Kier alpha value is -2.17. The molecule has 1 fully saturated rings. The standard InChI is InChI=1S/C17H20N2O3/c1-22-17(21)15-9-14(10-18-11-15)12-5-7-19(8-6-12)16(20)13-3-2-4-13/h5,9-11,13H,2-4,6-8H2,1H3. The van der Waals surface area contributed by atoms with Gasteiger partial charge >= 0.3 is 5.97 Å². The number of ether oxygens (including phenoxy) is 1. The Labute approximate surface area is 130 Å². The molecule has 1 aromatic heterocycles. The third-order valence-electron chi connectivity index (χ3n) is 4.51. The van der Waals surface area contributed by atoms with E-state index in [4.69, 9.17) is 4.74 Å². The fourth-order valence-electron chi connectivity index (χ4n) is 2.89. The average Bonchev–Trinajstić information content (AvgIpc) is 2.52. The van der Waals surface area contributed by atoms with Gasteiger partial charge in [0, 0.05) is 31.4 Å². The van der Waals surface area contributed by atoms with E-state index in [1.807, 2.05) is 4.90 Å². The van der Waals surface area contributed by atoms with Crippen LogP contribution in [0.5, 0.6) is 0 Å². The molecule has 5 heteroatoms. The van der Waals surface area contributed by atoms with Crippen LogP contribution in [-0.2, 0) is 9.53 Å². The highest BCUT2D eigenvalue weighted by Crippen LogP contribution is 2.30. The fraction of sp³-hybridized carbons (Fsp3) is 0.471. The van der Waals surface area contributed by atoms with Gasteiger partial charge in [-0.15, -0.1) is 0 Å². The molecule has 1 aliphatic heterocycles. The van der Waals surface area contributed by atoms with Crippen molar-refractivity contribution in [2.45, 2.75) is 25.7 Å². The summed E-state index contributed by atoms with van der Waals surface area (Å²) in [5, 5.41) is 0. The van der Waals surface area contributed by atoms with E-state index in [2.05, 4.69) is 11.1 Å². The lowest BCUT2D eigenvalue weighted by Gasteiger charge is -2.33. The molecule has 0 spiro atoms. The van der Waals surface area contributed by atoms with Crippen LogP contribution in [-0.4, -0.2) is 42.0 Å². The first-order chi connectivity index (χ1) is 10.7. The van der Waals surface area contributed by atoms with Crippen molar-refractivity contribution in [3.8, 4) is 0 Å². The summed E-state index contributed by atoms with van der Waals surface area (Å²) in [6.45, 7) is 1.39. The van der Waals surface area contributed by atoms with Gasteiger partial charge in [-0.3, -0.25) is 9.78 Å². The number of esters is 1. The SMILES string of the molecule is COC(=O)c1cncc(C2=CCN(C(=O)C3CCC3)CC2)c1. The Kier molecular flexibility index (Phi) is 4.22. The van der Waals surface area contributed by atoms with Crippen LogP contribution >= 0.6 is 0 Å². The molecule has 0 bridgehead atoms. The van der Waals surface area contributed by atoms with Crippen LogP contribution in [0, 0.1) is 5.92 Å². The Bertz CT molecular complexity index is 620. The minimum absolute atomic E-state index is 0.249. The van der Waals surface area contributed by atoms with Crippen molar-refractivity contribution >= 4 is 17.4 Å². The van der Waals surface area contributed by atoms with Crippen molar-refractivity contribution in [2.75, 3.05) is 20.2 Å². The minimum Gasteiger partial charge on any atom is -0.465 e. The van der Waals surface area contributed by atoms with E-state index in [0.29, 0.717) is 18.0 Å². The molecule has 3 rings (SSSR count). The van der Waals surface area contributed by atoms with E-state index in [-0.39, 0.29) is 11.9 Å². The first-order valence-electron chi connectivity index (χ1n) is 7.70. The van der Waals surface area contributed by atoms with Crippen LogP contribution in [0.1, 0.15) is 41.6 Å². The van der Waals surface area contributed by atoms with E-state index in [1.165, 1.54) is 19.7 Å². The largest absolute Gasteiger partial charge is 0.465 e. The Morgan fingerprint density at radius 3 is 2.73 bits per heavy atom. The predicted molar refractivity (Wildman–Crippen MR) is 82.1 cm³/mol. The highest BCUT2D eigenvalue weighted by molar-refractivity contribution is 5.90. The topological polar surface area (TPSA) is 59.5 Å². The summed E-state index contributed by atoms with van der Waals surface area (Å²) in [4.78, 5) is 29.8. The zero-order valence-electron chi connectivity index (χ0n) is 12.7. The summed E-state index contributed by atoms with van der Waals surface area (Å²) in [5.41, 5.74) is 2.52. The molecule has 0 aromatic carbocycles. The summed E-state index contributed by atoms with van der Waals surface area (Å²) >= 11 is 0. The quantitative estimate of drug-likeness (QED) is 0.804. The van der Waals surface area contributed by atoms with Crippen LogP contribution in [0.4, 0.5) is 0 Å². The number of pyridine rings is 1. The van der Waals surface area contributed by atoms with Crippen molar-refractivity contribution in [3.05, 3.63) is 35.7 Å². The van der Waals surface area contributed by atoms with Crippen molar-refractivity contribution in [3.63, 3.8) is 0 Å². The average molecular weight is 300 g/mol. The van der Waals surface area contributed by atoms with Gasteiger partial charge in [-0.25, -0.2) is 4.79 Å². The molecule has 22 heavy (non-hydrogen) atoms. The second-order valence-electron chi connectivity index (χ2n) is 5.85. The first-order valence-corrected chi connectivity index (χ1v) is 7.70.